The number of methoxy groups -OCH3 is 1. The number of benzene rings is 2. The van der Waals surface area contributed by atoms with Gasteiger partial charge in [0.15, 0.2) is 0 Å². The van der Waals surface area contributed by atoms with Gasteiger partial charge in [-0.3, -0.25) is 0 Å². The highest BCUT2D eigenvalue weighted by molar-refractivity contribution is 7.21. The summed E-state index contributed by atoms with van der Waals surface area (Å²) in [6.45, 7) is 1.39. The average Bonchev–Trinajstić information content (AvgIpc) is 3.06. The second-order valence-electron chi connectivity index (χ2n) is 5.67. The number of carbonyl (C=O) groups is 2. The molecule has 0 bridgehead atoms. The van der Waals surface area contributed by atoms with Gasteiger partial charge in [0.1, 0.15) is 28.9 Å². The summed E-state index contributed by atoms with van der Waals surface area (Å²) in [6, 6.07) is 8.13. The molecule has 146 valence electrons. The summed E-state index contributed by atoms with van der Waals surface area (Å²) in [4.78, 5) is 24.7. The lowest BCUT2D eigenvalue weighted by molar-refractivity contribution is 0.0450. The molecule has 0 N–H and O–H groups in total. The summed E-state index contributed by atoms with van der Waals surface area (Å²) in [5.41, 5.74) is -0.0997. The van der Waals surface area contributed by atoms with E-state index in [9.17, 15) is 18.4 Å². The lowest BCUT2D eigenvalue weighted by Crippen LogP contribution is -2.10. The predicted molar refractivity (Wildman–Crippen MR) is 99.8 cm³/mol. The number of ether oxygens (including phenoxy) is 3. The van der Waals surface area contributed by atoms with Gasteiger partial charge in [0.2, 0.25) is 0 Å². The SMILES string of the molecule is CCOC(=O)c1sc2cccc(F)c2c1COC(=O)c1ccc(OC)cc1F. The Morgan fingerprint density at radius 3 is 2.50 bits per heavy atom. The van der Waals surface area contributed by atoms with Crippen molar-refractivity contribution in [2.45, 2.75) is 13.5 Å². The molecule has 1 heterocycles. The van der Waals surface area contributed by atoms with E-state index in [1.807, 2.05) is 0 Å². The highest BCUT2D eigenvalue weighted by atomic mass is 32.1. The van der Waals surface area contributed by atoms with Gasteiger partial charge in [-0.15, -0.1) is 11.3 Å². The fourth-order valence-corrected chi connectivity index (χ4v) is 3.79. The fraction of sp³-hybridized carbons (Fsp3) is 0.200. The van der Waals surface area contributed by atoms with Gasteiger partial charge >= 0.3 is 11.9 Å². The molecule has 0 aliphatic carbocycles. The molecule has 0 amide bonds. The lowest BCUT2D eigenvalue weighted by atomic mass is 10.1. The van der Waals surface area contributed by atoms with Gasteiger partial charge in [0.25, 0.3) is 0 Å². The topological polar surface area (TPSA) is 61.8 Å². The molecule has 0 spiro atoms. The van der Waals surface area contributed by atoms with Crippen LogP contribution in [-0.4, -0.2) is 25.7 Å². The smallest absolute Gasteiger partial charge is 0.348 e. The minimum absolute atomic E-state index is 0.143. The van der Waals surface area contributed by atoms with Crippen molar-refractivity contribution in [3.05, 3.63) is 64.0 Å². The van der Waals surface area contributed by atoms with E-state index in [1.165, 1.54) is 31.4 Å². The number of carbonyl (C=O) groups excluding carboxylic acids is 2. The number of halogens is 2. The zero-order valence-electron chi connectivity index (χ0n) is 15.1. The van der Waals surface area contributed by atoms with E-state index in [0.29, 0.717) is 4.70 Å². The van der Waals surface area contributed by atoms with Gasteiger partial charge in [0, 0.05) is 21.7 Å². The van der Waals surface area contributed by atoms with Gasteiger partial charge in [-0.1, -0.05) is 6.07 Å². The first kappa shape index (κ1) is 19.8. The Labute approximate surface area is 163 Å². The van der Waals surface area contributed by atoms with Crippen molar-refractivity contribution in [1.82, 2.24) is 0 Å². The second-order valence-corrected chi connectivity index (χ2v) is 6.72. The Morgan fingerprint density at radius 1 is 1.04 bits per heavy atom. The minimum atomic E-state index is -0.939. The van der Waals surface area contributed by atoms with Crippen LogP contribution >= 0.6 is 11.3 Å². The molecule has 28 heavy (non-hydrogen) atoms. The number of esters is 2. The van der Waals surface area contributed by atoms with E-state index in [2.05, 4.69) is 0 Å². The Kier molecular flexibility index (Phi) is 5.89. The van der Waals surface area contributed by atoms with Crippen LogP contribution in [0.3, 0.4) is 0 Å². The molecule has 3 rings (SSSR count). The predicted octanol–water partition coefficient (Wildman–Crippen LogP) is 4.72. The van der Waals surface area contributed by atoms with Crippen LogP contribution in [0.4, 0.5) is 8.78 Å². The van der Waals surface area contributed by atoms with Crippen LogP contribution in [0.15, 0.2) is 36.4 Å². The van der Waals surface area contributed by atoms with E-state index in [0.717, 1.165) is 17.4 Å². The summed E-state index contributed by atoms with van der Waals surface area (Å²) in [5.74, 6) is -2.68. The summed E-state index contributed by atoms with van der Waals surface area (Å²) >= 11 is 1.05. The largest absolute Gasteiger partial charge is 0.497 e. The molecule has 0 aliphatic heterocycles. The molecule has 0 fully saturated rings. The van der Waals surface area contributed by atoms with Gasteiger partial charge in [0.05, 0.1) is 19.3 Å². The summed E-state index contributed by atoms with van der Waals surface area (Å²) < 4.78 is 44.0. The lowest BCUT2D eigenvalue weighted by Gasteiger charge is -2.08. The first-order chi connectivity index (χ1) is 13.5. The van der Waals surface area contributed by atoms with Crippen molar-refractivity contribution in [3.63, 3.8) is 0 Å². The Hall–Kier alpha value is -3.00. The van der Waals surface area contributed by atoms with E-state index in [-0.39, 0.29) is 33.7 Å². The third-order valence-electron chi connectivity index (χ3n) is 3.97. The molecule has 1 aromatic heterocycles. The summed E-state index contributed by atoms with van der Waals surface area (Å²) in [6.07, 6.45) is 0. The molecule has 0 radical (unpaired) electrons. The molecular weight excluding hydrogens is 390 g/mol. The van der Waals surface area contributed by atoms with Crippen molar-refractivity contribution in [2.75, 3.05) is 13.7 Å². The van der Waals surface area contributed by atoms with Crippen molar-refractivity contribution >= 4 is 33.4 Å². The standard InChI is InChI=1S/C20H16F2O5S/c1-3-26-20(24)18-13(17-14(21)5-4-6-16(17)28-18)10-27-19(23)12-8-7-11(25-2)9-15(12)22/h4-9H,3,10H2,1-2H3. The average molecular weight is 406 g/mol. The van der Waals surface area contributed by atoms with Crippen molar-refractivity contribution < 1.29 is 32.6 Å². The van der Waals surface area contributed by atoms with Crippen LogP contribution in [0.1, 0.15) is 32.5 Å². The Bertz CT molecular complexity index is 1040. The van der Waals surface area contributed by atoms with E-state index >= 15 is 0 Å². The number of fused-ring (bicyclic) bond motifs is 1. The Morgan fingerprint density at radius 2 is 1.82 bits per heavy atom. The molecule has 0 aliphatic rings. The van der Waals surface area contributed by atoms with Crippen LogP contribution in [0.25, 0.3) is 10.1 Å². The monoisotopic (exact) mass is 406 g/mol. The number of rotatable bonds is 6. The summed E-state index contributed by atoms with van der Waals surface area (Å²) in [7, 11) is 1.37. The van der Waals surface area contributed by atoms with Crippen LogP contribution in [0.2, 0.25) is 0 Å². The second kappa shape index (κ2) is 8.35. The van der Waals surface area contributed by atoms with E-state index in [1.54, 1.807) is 13.0 Å². The van der Waals surface area contributed by atoms with Crippen LogP contribution in [0.5, 0.6) is 5.75 Å². The maximum absolute atomic E-state index is 14.3. The first-order valence-corrected chi connectivity index (χ1v) is 9.15. The Balaban J connectivity index is 1.92. The van der Waals surface area contributed by atoms with Gasteiger partial charge in [-0.25, -0.2) is 18.4 Å². The maximum Gasteiger partial charge on any atom is 0.348 e. The molecule has 0 unspecified atom stereocenters. The highest BCUT2D eigenvalue weighted by Gasteiger charge is 2.23. The minimum Gasteiger partial charge on any atom is -0.497 e. The van der Waals surface area contributed by atoms with Gasteiger partial charge in [-0.2, -0.15) is 0 Å². The number of hydrogen-bond acceptors (Lipinski definition) is 6. The molecule has 8 heteroatoms. The molecule has 0 atom stereocenters. The zero-order valence-corrected chi connectivity index (χ0v) is 15.9. The number of thiophene rings is 1. The number of hydrogen-bond donors (Lipinski definition) is 0. The quantitative estimate of drug-likeness (QED) is 0.554. The van der Waals surface area contributed by atoms with Crippen LogP contribution in [-0.2, 0) is 16.1 Å². The normalized spacial score (nSPS) is 10.7. The zero-order chi connectivity index (χ0) is 20.3. The van der Waals surface area contributed by atoms with E-state index < -0.39 is 30.2 Å². The molecule has 0 saturated carbocycles. The summed E-state index contributed by atoms with van der Waals surface area (Å²) in [5, 5.41) is 0.179. The van der Waals surface area contributed by atoms with Crippen LogP contribution in [0, 0.1) is 11.6 Å². The highest BCUT2D eigenvalue weighted by Crippen LogP contribution is 2.34. The van der Waals surface area contributed by atoms with Gasteiger partial charge < -0.3 is 14.2 Å². The molecule has 5 nitrogen and oxygen atoms in total. The fourth-order valence-electron chi connectivity index (χ4n) is 2.67. The molecular formula is C20H16F2O5S. The van der Waals surface area contributed by atoms with E-state index in [4.69, 9.17) is 14.2 Å². The molecule has 3 aromatic rings. The molecule has 0 saturated heterocycles. The van der Waals surface area contributed by atoms with Gasteiger partial charge in [-0.05, 0) is 31.2 Å². The van der Waals surface area contributed by atoms with Crippen molar-refractivity contribution in [1.29, 1.82) is 0 Å². The van der Waals surface area contributed by atoms with Crippen LogP contribution < -0.4 is 4.74 Å². The molecule has 2 aromatic carbocycles. The van der Waals surface area contributed by atoms with Crippen molar-refractivity contribution in [2.24, 2.45) is 0 Å². The van der Waals surface area contributed by atoms with Crippen molar-refractivity contribution in [3.8, 4) is 5.75 Å². The third kappa shape index (κ3) is 3.82. The first-order valence-electron chi connectivity index (χ1n) is 8.34. The maximum atomic E-state index is 14.3. The third-order valence-corrected chi connectivity index (χ3v) is 5.15.